The van der Waals surface area contributed by atoms with Crippen LogP contribution in [0.4, 0.5) is 39.5 Å². The molecule has 0 bridgehead atoms. The van der Waals surface area contributed by atoms with Gasteiger partial charge in [-0.25, -0.2) is 18.7 Å². The topological polar surface area (TPSA) is 136 Å². The second-order valence-electron chi connectivity index (χ2n) is 7.45. The molecule has 0 radical (unpaired) electrons. The average molecular weight is 498 g/mol. The van der Waals surface area contributed by atoms with Crippen molar-refractivity contribution in [1.29, 1.82) is 0 Å². The number of nitrogens with one attached hydrogen (secondary N) is 2. The lowest BCUT2D eigenvalue weighted by molar-refractivity contribution is -0.137. The van der Waals surface area contributed by atoms with Crippen LogP contribution in [0.15, 0.2) is 65.8 Å². The Morgan fingerprint density at radius 2 is 1.86 bits per heavy atom. The van der Waals surface area contributed by atoms with E-state index in [9.17, 15) is 22.4 Å². The van der Waals surface area contributed by atoms with Crippen LogP contribution in [-0.2, 0) is 6.18 Å². The first-order valence-electron chi connectivity index (χ1n) is 10.1. The molecule has 14 heteroatoms. The standard InChI is InChI=1S/C22H14F4N8O2/c23-15-6-3-12(22(24,25)26)7-16(15)32-21(35)31-13-4-1-11(2-5-13)17-14(20-33-29-10-36-20)8-34-18(17)19(27)28-9-30-34/h1-10H,(H2,27,28,30)(H2,31,32,35). The van der Waals surface area contributed by atoms with Crippen LogP contribution in [0.1, 0.15) is 5.56 Å². The maximum atomic E-state index is 13.9. The van der Waals surface area contributed by atoms with E-state index in [1.54, 1.807) is 30.5 Å². The number of carbonyl (C=O) groups is 1. The zero-order chi connectivity index (χ0) is 25.4. The molecule has 182 valence electrons. The van der Waals surface area contributed by atoms with Gasteiger partial charge in [0.1, 0.15) is 17.7 Å². The SMILES string of the molecule is Nc1ncnn2cc(-c3nnco3)c(-c3ccc(NC(=O)Nc4cc(C(F)(F)F)ccc4F)cc3)c12. The summed E-state index contributed by atoms with van der Waals surface area (Å²) in [6, 6.07) is 7.19. The van der Waals surface area contributed by atoms with E-state index in [-0.39, 0.29) is 17.4 Å². The van der Waals surface area contributed by atoms with Gasteiger partial charge in [-0.05, 0) is 35.9 Å². The van der Waals surface area contributed by atoms with Gasteiger partial charge in [-0.1, -0.05) is 12.1 Å². The third-order valence-corrected chi connectivity index (χ3v) is 5.17. The summed E-state index contributed by atoms with van der Waals surface area (Å²) in [4.78, 5) is 16.3. The van der Waals surface area contributed by atoms with E-state index in [1.165, 1.54) is 17.2 Å². The van der Waals surface area contributed by atoms with Gasteiger partial charge in [0.25, 0.3) is 0 Å². The molecule has 36 heavy (non-hydrogen) atoms. The predicted molar refractivity (Wildman–Crippen MR) is 120 cm³/mol. The fourth-order valence-electron chi connectivity index (χ4n) is 3.58. The zero-order valence-electron chi connectivity index (χ0n) is 17.9. The third-order valence-electron chi connectivity index (χ3n) is 5.17. The molecule has 2 aromatic carbocycles. The highest BCUT2D eigenvalue weighted by Crippen LogP contribution is 2.38. The molecular formula is C22H14F4N8O2. The summed E-state index contributed by atoms with van der Waals surface area (Å²) >= 11 is 0. The second-order valence-corrected chi connectivity index (χ2v) is 7.45. The van der Waals surface area contributed by atoms with Crippen molar-refractivity contribution in [3.8, 4) is 22.6 Å². The number of amides is 2. The van der Waals surface area contributed by atoms with Crippen LogP contribution in [0.3, 0.4) is 0 Å². The second kappa shape index (κ2) is 8.65. The van der Waals surface area contributed by atoms with Gasteiger partial charge in [0.05, 0.1) is 16.8 Å². The number of carbonyl (C=O) groups excluding carboxylic acids is 1. The molecule has 10 nitrogen and oxygen atoms in total. The summed E-state index contributed by atoms with van der Waals surface area (Å²) in [7, 11) is 0. The number of benzene rings is 2. The van der Waals surface area contributed by atoms with Crippen molar-refractivity contribution in [2.45, 2.75) is 6.18 Å². The van der Waals surface area contributed by atoms with Gasteiger partial charge in [-0.3, -0.25) is 0 Å². The molecule has 0 aliphatic rings. The lowest BCUT2D eigenvalue weighted by Crippen LogP contribution is -2.20. The van der Waals surface area contributed by atoms with E-state index < -0.39 is 29.3 Å². The number of halogens is 4. The summed E-state index contributed by atoms with van der Waals surface area (Å²) in [5.41, 5.74) is 6.92. The molecule has 5 aromatic rings. The van der Waals surface area contributed by atoms with Gasteiger partial charge >= 0.3 is 12.2 Å². The van der Waals surface area contributed by atoms with E-state index in [4.69, 9.17) is 10.2 Å². The summed E-state index contributed by atoms with van der Waals surface area (Å²) < 4.78 is 59.5. The van der Waals surface area contributed by atoms with Crippen molar-refractivity contribution in [2.24, 2.45) is 0 Å². The van der Waals surface area contributed by atoms with Crippen LogP contribution in [0.2, 0.25) is 0 Å². The molecular weight excluding hydrogens is 484 g/mol. The highest BCUT2D eigenvalue weighted by atomic mass is 19.4. The molecule has 2 amide bonds. The van der Waals surface area contributed by atoms with Crippen molar-refractivity contribution < 1.29 is 26.8 Å². The number of rotatable bonds is 4. The van der Waals surface area contributed by atoms with Crippen molar-refractivity contribution in [3.63, 3.8) is 0 Å². The first-order chi connectivity index (χ1) is 17.2. The number of aromatic nitrogens is 5. The third kappa shape index (κ3) is 4.26. The number of nitrogen functional groups attached to an aromatic ring is 1. The van der Waals surface area contributed by atoms with Gasteiger partial charge in [0, 0.05) is 17.4 Å². The quantitative estimate of drug-likeness (QED) is 0.302. The van der Waals surface area contributed by atoms with Gasteiger partial charge in [-0.15, -0.1) is 10.2 Å². The molecule has 3 heterocycles. The largest absolute Gasteiger partial charge is 0.423 e. The highest BCUT2D eigenvalue weighted by Gasteiger charge is 2.31. The van der Waals surface area contributed by atoms with Crippen LogP contribution in [0, 0.1) is 5.82 Å². The summed E-state index contributed by atoms with van der Waals surface area (Å²) in [6.07, 6.45) is -0.564. The molecule has 0 fully saturated rings. The highest BCUT2D eigenvalue weighted by molar-refractivity contribution is 6.01. The van der Waals surface area contributed by atoms with E-state index in [0.29, 0.717) is 40.4 Å². The van der Waals surface area contributed by atoms with Gasteiger partial charge < -0.3 is 20.8 Å². The number of nitrogens with two attached hydrogens (primary N) is 1. The average Bonchev–Trinajstić information content (AvgIpc) is 3.49. The maximum absolute atomic E-state index is 13.9. The molecule has 0 saturated heterocycles. The van der Waals surface area contributed by atoms with Crippen molar-refractivity contribution in [1.82, 2.24) is 24.8 Å². The zero-order valence-corrected chi connectivity index (χ0v) is 17.9. The molecule has 0 unspecified atom stereocenters. The molecule has 0 aliphatic carbocycles. The lowest BCUT2D eigenvalue weighted by Gasteiger charge is -2.12. The first-order valence-corrected chi connectivity index (χ1v) is 10.1. The van der Waals surface area contributed by atoms with E-state index in [1.807, 2.05) is 0 Å². The Morgan fingerprint density at radius 1 is 1.08 bits per heavy atom. The van der Waals surface area contributed by atoms with Crippen LogP contribution in [0.5, 0.6) is 0 Å². The van der Waals surface area contributed by atoms with Crippen molar-refractivity contribution in [2.75, 3.05) is 16.4 Å². The van der Waals surface area contributed by atoms with Crippen LogP contribution < -0.4 is 16.4 Å². The number of fused-ring (bicyclic) bond motifs is 1. The molecule has 4 N–H and O–H groups in total. The van der Waals surface area contributed by atoms with E-state index in [0.717, 1.165) is 0 Å². The number of alkyl halides is 3. The van der Waals surface area contributed by atoms with Crippen molar-refractivity contribution >= 4 is 28.7 Å². The number of nitrogens with zero attached hydrogens (tertiary/aromatic N) is 5. The lowest BCUT2D eigenvalue weighted by atomic mass is 10.0. The number of hydrogen-bond acceptors (Lipinski definition) is 7. The molecule has 0 atom stereocenters. The minimum absolute atomic E-state index is 0.204. The van der Waals surface area contributed by atoms with Crippen LogP contribution in [0.25, 0.3) is 28.1 Å². The monoisotopic (exact) mass is 498 g/mol. The maximum Gasteiger partial charge on any atom is 0.416 e. The molecule has 0 spiro atoms. The summed E-state index contributed by atoms with van der Waals surface area (Å²) in [5.74, 6) is -0.586. The smallest absolute Gasteiger partial charge is 0.416 e. The number of hydrogen-bond donors (Lipinski definition) is 3. The Kier molecular flexibility index (Phi) is 5.47. The first kappa shape index (κ1) is 22.8. The van der Waals surface area contributed by atoms with Crippen molar-refractivity contribution in [3.05, 3.63) is 72.8 Å². The molecule has 5 rings (SSSR count). The van der Waals surface area contributed by atoms with Gasteiger partial charge in [0.15, 0.2) is 5.82 Å². The minimum Gasteiger partial charge on any atom is -0.423 e. The summed E-state index contributed by atoms with van der Waals surface area (Å²) in [5, 5.41) is 16.3. The fourth-order valence-corrected chi connectivity index (χ4v) is 3.58. The van der Waals surface area contributed by atoms with E-state index in [2.05, 4.69) is 30.9 Å². The minimum atomic E-state index is -4.69. The Labute approximate surface area is 198 Å². The number of anilines is 3. The Morgan fingerprint density at radius 3 is 2.56 bits per heavy atom. The van der Waals surface area contributed by atoms with E-state index >= 15 is 0 Å². The normalized spacial score (nSPS) is 11.6. The van der Waals surface area contributed by atoms with Crippen LogP contribution in [-0.4, -0.2) is 30.8 Å². The van der Waals surface area contributed by atoms with Crippen LogP contribution >= 0.6 is 0 Å². The molecule has 0 aliphatic heterocycles. The Balaban J connectivity index is 1.41. The Bertz CT molecular complexity index is 1560. The fraction of sp³-hybridized carbons (Fsp3) is 0.0455. The molecule has 3 aromatic heterocycles. The Hall–Kier alpha value is -5.01. The van der Waals surface area contributed by atoms with Gasteiger partial charge in [-0.2, -0.15) is 18.3 Å². The predicted octanol–water partition coefficient (Wildman–Crippen LogP) is 4.83. The van der Waals surface area contributed by atoms with Gasteiger partial charge in [0.2, 0.25) is 12.3 Å². The molecule has 0 saturated carbocycles. The summed E-state index contributed by atoms with van der Waals surface area (Å²) in [6.45, 7) is 0. The number of urea groups is 1.